The highest BCUT2D eigenvalue weighted by Crippen LogP contribution is 2.36. The molecule has 2 N–H and O–H groups in total. The van der Waals surface area contributed by atoms with E-state index < -0.39 is 0 Å². The molecule has 1 aliphatic rings. The molecule has 4 nitrogen and oxygen atoms in total. The highest BCUT2D eigenvalue weighted by molar-refractivity contribution is 5.77. The second kappa shape index (κ2) is 5.40. The molecule has 2 rings (SSSR count). The third-order valence-electron chi connectivity index (χ3n) is 3.01. The summed E-state index contributed by atoms with van der Waals surface area (Å²) < 4.78 is 11.1. The molecule has 18 heavy (non-hydrogen) atoms. The van der Waals surface area contributed by atoms with E-state index in [-0.39, 0.29) is 18.4 Å². The summed E-state index contributed by atoms with van der Waals surface area (Å²) in [5, 5.41) is 0. The first-order chi connectivity index (χ1) is 8.61. The lowest BCUT2D eigenvalue weighted by molar-refractivity contribution is -0.118. The summed E-state index contributed by atoms with van der Waals surface area (Å²) in [5.74, 6) is 1.66. The van der Waals surface area contributed by atoms with Gasteiger partial charge in [0.2, 0.25) is 0 Å². The van der Waals surface area contributed by atoms with Crippen molar-refractivity contribution in [1.29, 1.82) is 0 Å². The largest absolute Gasteiger partial charge is 0.494 e. The molecule has 1 aromatic rings. The van der Waals surface area contributed by atoms with Crippen molar-refractivity contribution in [2.24, 2.45) is 5.73 Å². The Hall–Kier alpha value is -1.55. The van der Waals surface area contributed by atoms with Crippen LogP contribution in [-0.2, 0) is 17.6 Å². The molecule has 0 saturated carbocycles. The molecule has 0 spiro atoms. The molecule has 0 heterocycles. The van der Waals surface area contributed by atoms with Crippen molar-refractivity contribution in [3.63, 3.8) is 0 Å². The number of hydrogen-bond acceptors (Lipinski definition) is 4. The molecule has 1 aromatic carbocycles. The van der Waals surface area contributed by atoms with Gasteiger partial charge in [-0.2, -0.15) is 0 Å². The first kappa shape index (κ1) is 12.9. The third kappa shape index (κ3) is 2.64. The lowest BCUT2D eigenvalue weighted by Gasteiger charge is -2.13. The van der Waals surface area contributed by atoms with E-state index in [4.69, 9.17) is 15.2 Å². The smallest absolute Gasteiger partial charge is 0.167 e. The summed E-state index contributed by atoms with van der Waals surface area (Å²) in [6.07, 6.45) is 1.59. The number of nitrogens with two attached hydrogens (primary N) is 1. The molecule has 0 aromatic heterocycles. The molecule has 4 heteroatoms. The van der Waals surface area contributed by atoms with Gasteiger partial charge in [0, 0.05) is 17.2 Å². The Morgan fingerprint density at radius 1 is 1.28 bits per heavy atom. The fourth-order valence-corrected chi connectivity index (χ4v) is 2.30. The van der Waals surface area contributed by atoms with Gasteiger partial charge in [-0.3, -0.25) is 4.79 Å². The van der Waals surface area contributed by atoms with Gasteiger partial charge in [0.25, 0.3) is 0 Å². The van der Waals surface area contributed by atoms with Crippen LogP contribution in [0.5, 0.6) is 11.5 Å². The summed E-state index contributed by atoms with van der Waals surface area (Å²) in [5.41, 5.74) is 8.22. The molecule has 0 bridgehead atoms. The van der Waals surface area contributed by atoms with E-state index in [9.17, 15) is 4.79 Å². The van der Waals surface area contributed by atoms with Crippen molar-refractivity contribution >= 4 is 5.78 Å². The fraction of sp³-hybridized carbons (Fsp3) is 0.500. The summed E-state index contributed by atoms with van der Waals surface area (Å²) in [6, 6.07) is 3.88. The van der Waals surface area contributed by atoms with Crippen LogP contribution in [0.25, 0.3) is 0 Å². The summed E-state index contributed by atoms with van der Waals surface area (Å²) in [7, 11) is 0. The number of Topliss-reactive ketones (excluding diaryl/α,β-unsaturated/α-hetero) is 1. The Bertz CT molecular complexity index is 457. The molecular formula is C14H19NO3. The first-order valence-electron chi connectivity index (χ1n) is 6.27. The van der Waals surface area contributed by atoms with E-state index in [1.165, 1.54) is 6.92 Å². The van der Waals surface area contributed by atoms with Crippen molar-refractivity contribution < 1.29 is 14.3 Å². The molecule has 1 atom stereocenters. The van der Waals surface area contributed by atoms with Crippen LogP contribution in [0.4, 0.5) is 0 Å². The van der Waals surface area contributed by atoms with E-state index in [2.05, 4.69) is 0 Å². The van der Waals surface area contributed by atoms with Gasteiger partial charge in [-0.05, 0) is 38.8 Å². The van der Waals surface area contributed by atoms with Gasteiger partial charge in [-0.15, -0.1) is 0 Å². The van der Waals surface area contributed by atoms with E-state index in [0.717, 1.165) is 35.5 Å². The van der Waals surface area contributed by atoms with Crippen molar-refractivity contribution in [1.82, 2.24) is 0 Å². The van der Waals surface area contributed by atoms with Crippen LogP contribution in [-0.4, -0.2) is 25.0 Å². The maximum absolute atomic E-state index is 11.0. The molecule has 0 fully saturated rings. The van der Waals surface area contributed by atoms with Gasteiger partial charge in [-0.25, -0.2) is 0 Å². The minimum Gasteiger partial charge on any atom is -0.494 e. The molecule has 0 radical (unpaired) electrons. The maximum atomic E-state index is 11.0. The Morgan fingerprint density at radius 2 is 1.83 bits per heavy atom. The second-order valence-corrected chi connectivity index (χ2v) is 4.61. The Kier molecular flexibility index (Phi) is 3.87. The summed E-state index contributed by atoms with van der Waals surface area (Å²) >= 11 is 0. The number of ether oxygens (including phenoxy) is 2. The number of hydrogen-bond donors (Lipinski definition) is 1. The van der Waals surface area contributed by atoms with Crippen LogP contribution < -0.4 is 15.2 Å². The molecule has 0 saturated heterocycles. The van der Waals surface area contributed by atoms with E-state index >= 15 is 0 Å². The number of ketones is 1. The van der Waals surface area contributed by atoms with Crippen LogP contribution in [0.3, 0.4) is 0 Å². The Balaban J connectivity index is 2.28. The lowest BCUT2D eigenvalue weighted by Crippen LogP contribution is -2.19. The Morgan fingerprint density at radius 3 is 2.33 bits per heavy atom. The van der Waals surface area contributed by atoms with Gasteiger partial charge < -0.3 is 15.2 Å². The first-order valence-corrected chi connectivity index (χ1v) is 6.27. The molecule has 1 aliphatic carbocycles. The molecule has 98 valence electrons. The van der Waals surface area contributed by atoms with Gasteiger partial charge in [-0.1, -0.05) is 0 Å². The number of carbonyl (C=O) groups excluding carboxylic acids is 1. The number of rotatable bonds is 5. The van der Waals surface area contributed by atoms with Crippen molar-refractivity contribution in [3.05, 3.63) is 23.3 Å². The van der Waals surface area contributed by atoms with Crippen molar-refractivity contribution in [3.8, 4) is 11.5 Å². The minimum absolute atomic E-state index is 0.0138. The molecule has 0 amide bonds. The van der Waals surface area contributed by atoms with Crippen LogP contribution in [0, 0.1) is 0 Å². The topological polar surface area (TPSA) is 61.5 Å². The summed E-state index contributed by atoms with van der Waals surface area (Å²) in [4.78, 5) is 11.0. The van der Waals surface area contributed by atoms with Crippen molar-refractivity contribution in [2.45, 2.75) is 32.7 Å². The SMILES string of the molecule is CCOc1ccc(OCC(C)=O)c2c1CC(N)C2. The quantitative estimate of drug-likeness (QED) is 0.858. The third-order valence-corrected chi connectivity index (χ3v) is 3.01. The maximum Gasteiger partial charge on any atom is 0.167 e. The zero-order chi connectivity index (χ0) is 13.1. The van der Waals surface area contributed by atoms with Gasteiger partial charge in [0.15, 0.2) is 5.78 Å². The highest BCUT2D eigenvalue weighted by Gasteiger charge is 2.25. The molecule has 0 aliphatic heterocycles. The number of benzene rings is 1. The van der Waals surface area contributed by atoms with E-state index in [1.54, 1.807) is 0 Å². The van der Waals surface area contributed by atoms with Crippen LogP contribution in [0.1, 0.15) is 25.0 Å². The molecule has 1 unspecified atom stereocenters. The van der Waals surface area contributed by atoms with Crippen LogP contribution in [0.15, 0.2) is 12.1 Å². The Labute approximate surface area is 107 Å². The number of carbonyl (C=O) groups is 1. The van der Waals surface area contributed by atoms with E-state index in [1.807, 2.05) is 19.1 Å². The van der Waals surface area contributed by atoms with Crippen molar-refractivity contribution in [2.75, 3.05) is 13.2 Å². The minimum atomic E-state index is 0.0138. The predicted octanol–water partition coefficient (Wildman–Crippen LogP) is 1.48. The predicted molar refractivity (Wildman–Crippen MR) is 69.2 cm³/mol. The lowest BCUT2D eigenvalue weighted by atomic mass is 10.1. The highest BCUT2D eigenvalue weighted by atomic mass is 16.5. The number of fused-ring (bicyclic) bond motifs is 1. The monoisotopic (exact) mass is 249 g/mol. The zero-order valence-corrected chi connectivity index (χ0v) is 10.9. The standard InChI is InChI=1S/C14H19NO3/c1-3-17-13-4-5-14(18-8-9(2)16)12-7-10(15)6-11(12)13/h4-5,10H,3,6-8,15H2,1-2H3. The van der Waals surface area contributed by atoms with Gasteiger partial charge in [0.1, 0.15) is 18.1 Å². The average Bonchev–Trinajstić information content (AvgIpc) is 2.70. The fourth-order valence-electron chi connectivity index (χ4n) is 2.30. The average molecular weight is 249 g/mol. The molecular weight excluding hydrogens is 230 g/mol. The van der Waals surface area contributed by atoms with Crippen LogP contribution >= 0.6 is 0 Å². The summed E-state index contributed by atoms with van der Waals surface area (Å²) in [6.45, 7) is 4.22. The second-order valence-electron chi connectivity index (χ2n) is 4.61. The normalized spacial score (nSPS) is 17.4. The van der Waals surface area contributed by atoms with Crippen LogP contribution in [0.2, 0.25) is 0 Å². The van der Waals surface area contributed by atoms with Gasteiger partial charge in [0.05, 0.1) is 6.61 Å². The van der Waals surface area contributed by atoms with E-state index in [0.29, 0.717) is 6.61 Å². The zero-order valence-electron chi connectivity index (χ0n) is 10.9. The van der Waals surface area contributed by atoms with Gasteiger partial charge >= 0.3 is 0 Å².